The van der Waals surface area contributed by atoms with Crippen molar-refractivity contribution in [3.05, 3.63) is 47.7 Å². The fraction of sp³-hybridized carbons (Fsp3) is 0.450. The minimum atomic E-state index is -1.02. The summed E-state index contributed by atoms with van der Waals surface area (Å²) in [4.78, 5) is 23.1. The molecule has 0 aliphatic heterocycles. The smallest absolute Gasteiger partial charge is 0.251 e. The molecule has 0 spiro atoms. The molecule has 28 heavy (non-hydrogen) atoms. The third kappa shape index (κ3) is 4.94. The van der Waals surface area contributed by atoms with E-state index in [1.165, 1.54) is 6.07 Å². The molecule has 6 nitrogen and oxygen atoms in total. The van der Waals surface area contributed by atoms with Gasteiger partial charge in [0.25, 0.3) is 5.91 Å². The van der Waals surface area contributed by atoms with Crippen LogP contribution in [0.2, 0.25) is 0 Å². The monoisotopic (exact) mass is 389 g/mol. The van der Waals surface area contributed by atoms with Gasteiger partial charge in [0.2, 0.25) is 5.95 Å². The summed E-state index contributed by atoms with van der Waals surface area (Å²) in [5, 5.41) is 6.27. The number of benzene rings is 1. The summed E-state index contributed by atoms with van der Waals surface area (Å²) in [7, 11) is 1.98. The molecule has 1 fully saturated rings. The van der Waals surface area contributed by atoms with Crippen LogP contribution in [0.5, 0.6) is 0 Å². The van der Waals surface area contributed by atoms with E-state index in [4.69, 9.17) is 0 Å². The molecule has 150 valence electrons. The lowest BCUT2D eigenvalue weighted by molar-refractivity contribution is 0.0926. The van der Waals surface area contributed by atoms with Crippen LogP contribution < -0.4 is 15.5 Å². The zero-order valence-electron chi connectivity index (χ0n) is 16.1. The van der Waals surface area contributed by atoms with Crippen LogP contribution in [0.3, 0.4) is 0 Å². The van der Waals surface area contributed by atoms with Crippen molar-refractivity contribution in [2.45, 2.75) is 44.7 Å². The van der Waals surface area contributed by atoms with Crippen LogP contribution in [-0.4, -0.2) is 41.6 Å². The first-order valence-corrected chi connectivity index (χ1v) is 9.53. The van der Waals surface area contributed by atoms with Gasteiger partial charge in [-0.3, -0.25) is 4.79 Å². The number of carbonyl (C=O) groups excluding carboxylic acids is 1. The fourth-order valence-electron chi connectivity index (χ4n) is 3.26. The van der Waals surface area contributed by atoms with Gasteiger partial charge in [-0.05, 0) is 56.9 Å². The maximum Gasteiger partial charge on any atom is 0.251 e. The SMILES string of the molecule is CCN(C)c1ccnc(NC2CCC(NC(=O)c3ccc(F)c(F)c3)CC2)n1. The van der Waals surface area contributed by atoms with E-state index >= 15 is 0 Å². The number of halogens is 2. The molecule has 1 aromatic carbocycles. The number of amides is 1. The van der Waals surface area contributed by atoms with Crippen molar-refractivity contribution in [2.24, 2.45) is 0 Å². The van der Waals surface area contributed by atoms with E-state index in [9.17, 15) is 13.6 Å². The summed E-state index contributed by atoms with van der Waals surface area (Å²) in [5.41, 5.74) is 0.129. The van der Waals surface area contributed by atoms with Crippen molar-refractivity contribution in [3.8, 4) is 0 Å². The van der Waals surface area contributed by atoms with E-state index in [0.29, 0.717) is 5.95 Å². The highest BCUT2D eigenvalue weighted by molar-refractivity contribution is 5.94. The molecule has 1 aliphatic rings. The molecule has 8 heteroatoms. The molecule has 1 aromatic heterocycles. The van der Waals surface area contributed by atoms with Gasteiger partial charge in [0.15, 0.2) is 11.6 Å². The van der Waals surface area contributed by atoms with Crippen LogP contribution in [0.4, 0.5) is 20.5 Å². The molecule has 1 amide bonds. The van der Waals surface area contributed by atoms with Crippen LogP contribution >= 0.6 is 0 Å². The van der Waals surface area contributed by atoms with Crippen LogP contribution in [0.15, 0.2) is 30.5 Å². The Morgan fingerprint density at radius 3 is 2.54 bits per heavy atom. The molecule has 1 heterocycles. The highest BCUT2D eigenvalue weighted by Gasteiger charge is 2.23. The zero-order valence-corrected chi connectivity index (χ0v) is 16.1. The quantitative estimate of drug-likeness (QED) is 0.793. The van der Waals surface area contributed by atoms with Crippen molar-refractivity contribution in [3.63, 3.8) is 0 Å². The average Bonchev–Trinajstić information content (AvgIpc) is 2.71. The number of anilines is 2. The fourth-order valence-corrected chi connectivity index (χ4v) is 3.26. The van der Waals surface area contributed by atoms with Gasteiger partial charge in [-0.1, -0.05) is 0 Å². The molecule has 0 atom stereocenters. The number of hydrogen-bond donors (Lipinski definition) is 2. The Balaban J connectivity index is 1.50. The van der Waals surface area contributed by atoms with E-state index in [2.05, 4.69) is 27.5 Å². The lowest BCUT2D eigenvalue weighted by Gasteiger charge is -2.30. The first kappa shape index (κ1) is 20.0. The second-order valence-corrected chi connectivity index (χ2v) is 7.05. The predicted molar refractivity (Wildman–Crippen MR) is 104 cm³/mol. The Morgan fingerprint density at radius 1 is 1.14 bits per heavy atom. The van der Waals surface area contributed by atoms with E-state index in [1.807, 2.05) is 18.0 Å². The highest BCUT2D eigenvalue weighted by atomic mass is 19.2. The van der Waals surface area contributed by atoms with Gasteiger partial charge in [0, 0.05) is 37.4 Å². The summed E-state index contributed by atoms with van der Waals surface area (Å²) in [6.07, 6.45) is 5.05. The molecule has 0 saturated heterocycles. The van der Waals surface area contributed by atoms with E-state index in [1.54, 1.807) is 6.20 Å². The third-order valence-electron chi connectivity index (χ3n) is 5.08. The molecular weight excluding hydrogens is 364 g/mol. The average molecular weight is 389 g/mol. The number of aromatic nitrogens is 2. The Kier molecular flexibility index (Phi) is 6.38. The molecule has 3 rings (SSSR count). The minimum absolute atomic E-state index is 0.0112. The molecule has 0 unspecified atom stereocenters. The molecule has 0 bridgehead atoms. The normalized spacial score (nSPS) is 19.1. The van der Waals surface area contributed by atoms with E-state index in [0.717, 1.165) is 50.2 Å². The molecule has 1 saturated carbocycles. The van der Waals surface area contributed by atoms with E-state index in [-0.39, 0.29) is 23.6 Å². The number of carbonyl (C=O) groups is 1. The Bertz CT molecular complexity index is 824. The van der Waals surface area contributed by atoms with Gasteiger partial charge in [-0.25, -0.2) is 13.8 Å². The number of nitrogens with one attached hydrogen (secondary N) is 2. The summed E-state index contributed by atoms with van der Waals surface area (Å²) in [6, 6.07) is 5.30. The standard InChI is InChI=1S/C20H25F2N5O/c1-3-27(2)18-10-11-23-20(26-18)25-15-7-5-14(6-8-15)24-19(28)13-4-9-16(21)17(22)12-13/h4,9-12,14-15H,3,5-8H2,1-2H3,(H,24,28)(H,23,25,26). The van der Waals surface area contributed by atoms with Crippen molar-refractivity contribution >= 4 is 17.7 Å². The maximum atomic E-state index is 13.3. The summed E-state index contributed by atoms with van der Waals surface area (Å²) < 4.78 is 26.3. The number of hydrogen-bond acceptors (Lipinski definition) is 5. The molecule has 1 aliphatic carbocycles. The van der Waals surface area contributed by atoms with Crippen molar-refractivity contribution in [1.29, 1.82) is 0 Å². The predicted octanol–water partition coefficient (Wildman–Crippen LogP) is 3.36. The summed E-state index contributed by atoms with van der Waals surface area (Å²) in [5.74, 6) is -0.885. The van der Waals surface area contributed by atoms with Gasteiger partial charge in [0.05, 0.1) is 0 Å². The van der Waals surface area contributed by atoms with Crippen molar-refractivity contribution in [1.82, 2.24) is 15.3 Å². The lowest BCUT2D eigenvalue weighted by atomic mass is 9.91. The highest BCUT2D eigenvalue weighted by Crippen LogP contribution is 2.22. The zero-order chi connectivity index (χ0) is 20.1. The van der Waals surface area contributed by atoms with Gasteiger partial charge in [-0.15, -0.1) is 0 Å². The molecule has 2 aromatic rings. The van der Waals surface area contributed by atoms with Gasteiger partial charge in [0.1, 0.15) is 5.82 Å². The largest absolute Gasteiger partial charge is 0.360 e. The van der Waals surface area contributed by atoms with Gasteiger partial charge < -0.3 is 15.5 Å². The van der Waals surface area contributed by atoms with E-state index < -0.39 is 11.6 Å². The van der Waals surface area contributed by atoms with Crippen LogP contribution in [0.1, 0.15) is 43.0 Å². The Morgan fingerprint density at radius 2 is 1.86 bits per heavy atom. The first-order valence-electron chi connectivity index (χ1n) is 9.53. The van der Waals surface area contributed by atoms with Gasteiger partial charge >= 0.3 is 0 Å². The summed E-state index contributed by atoms with van der Waals surface area (Å²) in [6.45, 7) is 2.92. The van der Waals surface area contributed by atoms with Crippen molar-refractivity contribution in [2.75, 3.05) is 23.8 Å². The molecule has 0 radical (unpaired) electrons. The molecule has 2 N–H and O–H groups in total. The van der Waals surface area contributed by atoms with Crippen LogP contribution in [0.25, 0.3) is 0 Å². The van der Waals surface area contributed by atoms with Crippen LogP contribution in [-0.2, 0) is 0 Å². The second-order valence-electron chi connectivity index (χ2n) is 7.05. The number of nitrogens with zero attached hydrogens (tertiary/aromatic N) is 3. The Hall–Kier alpha value is -2.77. The van der Waals surface area contributed by atoms with Gasteiger partial charge in [-0.2, -0.15) is 4.98 Å². The Labute approximate surface area is 163 Å². The molecular formula is C20H25F2N5O. The van der Waals surface area contributed by atoms with Crippen molar-refractivity contribution < 1.29 is 13.6 Å². The first-order chi connectivity index (χ1) is 13.5. The second kappa shape index (κ2) is 8.95. The minimum Gasteiger partial charge on any atom is -0.360 e. The summed E-state index contributed by atoms with van der Waals surface area (Å²) >= 11 is 0. The lowest BCUT2D eigenvalue weighted by Crippen LogP contribution is -2.40. The third-order valence-corrected chi connectivity index (χ3v) is 5.08. The number of rotatable bonds is 6. The van der Waals surface area contributed by atoms with Crippen LogP contribution in [0, 0.1) is 11.6 Å². The maximum absolute atomic E-state index is 13.3. The topological polar surface area (TPSA) is 70.2 Å².